The summed E-state index contributed by atoms with van der Waals surface area (Å²) in [5, 5.41) is 69.2. The summed E-state index contributed by atoms with van der Waals surface area (Å²) in [4.78, 5) is 94.3. The highest BCUT2D eigenvalue weighted by Crippen LogP contribution is 2.45. The lowest BCUT2D eigenvalue weighted by Gasteiger charge is -2.28. The van der Waals surface area contributed by atoms with Gasteiger partial charge in [0.2, 0.25) is 23.6 Å². The topological polar surface area (TPSA) is 404 Å². The number of esters is 1. The van der Waals surface area contributed by atoms with Gasteiger partial charge in [0.25, 0.3) is 0 Å². The zero-order valence-electron chi connectivity index (χ0n) is 83.6. The number of aliphatic hydroxyl groups excluding tert-OH is 1. The van der Waals surface area contributed by atoms with Gasteiger partial charge < -0.3 is 87.1 Å². The molecule has 0 aliphatic heterocycles. The number of Topliss-reactive ketones (excluding diaryl/α,β-unsaturated/α-hetero) is 3. The molecule has 0 spiro atoms. The van der Waals surface area contributed by atoms with E-state index in [0.717, 1.165) is 66.8 Å². The van der Waals surface area contributed by atoms with Crippen molar-refractivity contribution < 1.29 is 92.7 Å². The van der Waals surface area contributed by atoms with E-state index in [1.165, 1.54) is 20.8 Å². The van der Waals surface area contributed by atoms with E-state index in [9.17, 15) is 58.8 Å². The molecule has 0 radical (unpaired) electrons. The highest BCUT2D eigenvalue weighted by Gasteiger charge is 2.32. The van der Waals surface area contributed by atoms with E-state index in [4.69, 9.17) is 33.9 Å². The van der Waals surface area contributed by atoms with Gasteiger partial charge in [-0.1, -0.05) is 215 Å². The van der Waals surface area contributed by atoms with Crippen molar-refractivity contribution in [3.05, 3.63) is 212 Å². The molecule has 4 amide bonds. The SMILES string of the molecule is CC(=O)COc1ccc(NC(=O)CCc2cc(C(C)(C)C)c(O)c(C(C)(C)C)c2)cc1.CC(=O)COc1ccc(NC(=O)CCc2cc(C(C)(C)C)c(O)c(C(C)(C)C)c2)cc1.CC(=O)COc1ccc(NC(=O)CCc2cc(C(C)(C)C)c(O)c(C(C)(C)C)c2)cc1.CCOC(=O)COc1ccc(NC(=O)CCc2cc(C(C)(C)C)c(O)c(C(C)(C)C)c2)cc1.NCN.OCO. The number of carbonyl (C=O) groups is 8. The Morgan fingerprint density at radius 2 is 0.439 bits per heavy atom. The van der Waals surface area contributed by atoms with Gasteiger partial charge in [0.15, 0.2) is 24.0 Å². The van der Waals surface area contributed by atoms with Crippen molar-refractivity contribution in [3.8, 4) is 46.0 Å². The van der Waals surface area contributed by atoms with Crippen LogP contribution in [0.25, 0.3) is 0 Å². The van der Waals surface area contributed by atoms with Crippen LogP contribution in [0.4, 0.5) is 22.7 Å². The number of phenols is 4. The van der Waals surface area contributed by atoms with Crippen molar-refractivity contribution in [3.63, 3.8) is 0 Å². The highest BCUT2D eigenvalue weighted by molar-refractivity contribution is 5.93. The molecule has 132 heavy (non-hydrogen) atoms. The molecule has 724 valence electrons. The molecule has 0 unspecified atom stereocenters. The fourth-order valence-electron chi connectivity index (χ4n) is 13.3. The summed E-state index contributed by atoms with van der Waals surface area (Å²) in [5.74, 6) is 2.75. The number of phenolic OH excluding ortho intramolecular Hbond substituents is 4. The first-order valence-corrected chi connectivity index (χ1v) is 44.8. The number of hydrogen-bond donors (Lipinski definition) is 12. The molecule has 0 atom stereocenters. The van der Waals surface area contributed by atoms with Crippen LogP contribution in [0.15, 0.2) is 146 Å². The monoisotopic (exact) mass is 1830 g/mol. The third-order valence-electron chi connectivity index (χ3n) is 20.2. The van der Waals surface area contributed by atoms with Gasteiger partial charge >= 0.3 is 5.97 Å². The van der Waals surface area contributed by atoms with E-state index >= 15 is 0 Å². The zero-order valence-corrected chi connectivity index (χ0v) is 83.6. The number of ether oxygens (including phenoxy) is 5. The number of ketones is 3. The Kier molecular flexibility index (Phi) is 44.6. The summed E-state index contributed by atoms with van der Waals surface area (Å²) in [6, 6.07) is 43.8. The first-order chi connectivity index (χ1) is 60.9. The van der Waals surface area contributed by atoms with Gasteiger partial charge in [-0.25, -0.2) is 4.79 Å². The quantitative estimate of drug-likeness (QED) is 0.0153. The molecule has 25 nitrogen and oxygen atoms in total. The van der Waals surface area contributed by atoms with Gasteiger partial charge in [-0.05, 0) is 261 Å². The summed E-state index contributed by atoms with van der Waals surface area (Å²) in [7, 11) is 0. The molecule has 0 aliphatic carbocycles. The Morgan fingerprint density at radius 3 is 0.576 bits per heavy atom. The van der Waals surface area contributed by atoms with Crippen molar-refractivity contribution in [2.24, 2.45) is 11.5 Å². The van der Waals surface area contributed by atoms with Crippen molar-refractivity contribution in [1.29, 1.82) is 0 Å². The lowest BCUT2D eigenvalue weighted by molar-refractivity contribution is -0.145. The van der Waals surface area contributed by atoms with Gasteiger partial charge in [-0.3, -0.25) is 33.6 Å². The van der Waals surface area contributed by atoms with E-state index in [1.807, 2.05) is 48.5 Å². The van der Waals surface area contributed by atoms with Crippen molar-refractivity contribution >= 4 is 69.7 Å². The van der Waals surface area contributed by atoms with E-state index in [2.05, 4.69) is 199 Å². The minimum absolute atomic E-state index is 0.0332. The van der Waals surface area contributed by atoms with Crippen molar-refractivity contribution in [2.45, 2.75) is 289 Å². The second-order valence-corrected chi connectivity index (χ2v) is 40.9. The zero-order chi connectivity index (χ0) is 100. The molecular weight excluding hydrogens is 1670 g/mol. The van der Waals surface area contributed by atoms with Crippen LogP contribution in [-0.4, -0.2) is 124 Å². The molecular formula is C107H152N6O19. The number of amides is 4. The molecule has 0 aromatic heterocycles. The standard InChI is InChI=1S/C27H37NO5.3C26H35NO4.CH6N2.CH4O2/c1-8-32-24(30)17-33-20-12-10-19(11-13-20)28-23(29)14-9-18-15-21(26(2,3)4)25(31)22(16-18)27(5,6)7;3*1-17(28)16-31-20-11-9-19(10-12-20)27-23(29)13-8-18-14-21(25(2,3)4)24(30)22(15-18)26(5,6)7;2*2-1-3/h10-13,15-16,31H,8-9,14,17H2,1-7H3,(H,28,29);3*9-12,14-15,30H,8,13,16H2,1-7H3,(H,27,29);1-3H2;2-3H,1H2. The van der Waals surface area contributed by atoms with Gasteiger partial charge in [0.05, 0.1) is 6.61 Å². The third kappa shape index (κ3) is 41.0. The lowest BCUT2D eigenvalue weighted by Crippen LogP contribution is -2.18. The van der Waals surface area contributed by atoms with Crippen LogP contribution >= 0.6 is 0 Å². The van der Waals surface area contributed by atoms with Gasteiger partial charge in [-0.2, -0.15) is 0 Å². The number of aliphatic hydroxyl groups is 2. The van der Waals surface area contributed by atoms with Gasteiger partial charge in [0, 0.05) is 55.1 Å². The average molecular weight is 1830 g/mol. The number of aromatic hydroxyl groups is 4. The number of anilines is 4. The van der Waals surface area contributed by atoms with Crippen LogP contribution in [0.3, 0.4) is 0 Å². The predicted molar refractivity (Wildman–Crippen MR) is 529 cm³/mol. The fourth-order valence-corrected chi connectivity index (χ4v) is 13.3. The number of nitrogens with one attached hydrogen (secondary N) is 4. The molecule has 0 saturated carbocycles. The summed E-state index contributed by atoms with van der Waals surface area (Å²) >= 11 is 0. The van der Waals surface area contributed by atoms with E-state index in [-0.39, 0.29) is 117 Å². The summed E-state index contributed by atoms with van der Waals surface area (Å²) in [6.07, 6.45) is 3.63. The molecule has 25 heteroatoms. The second kappa shape index (κ2) is 51.4. The van der Waals surface area contributed by atoms with Crippen LogP contribution in [0.5, 0.6) is 46.0 Å². The normalized spacial score (nSPS) is 11.5. The maximum atomic E-state index is 12.5. The molecule has 0 saturated heterocycles. The van der Waals surface area contributed by atoms with Crippen molar-refractivity contribution in [2.75, 3.05) is 67.8 Å². The Hall–Kier alpha value is -11.6. The molecule has 0 bridgehead atoms. The molecule has 0 fully saturated rings. The minimum Gasteiger partial charge on any atom is -0.507 e. The first kappa shape index (κ1) is 115. The Balaban J connectivity index is 0.000000444. The van der Waals surface area contributed by atoms with Gasteiger partial charge in [-0.15, -0.1) is 0 Å². The number of benzene rings is 8. The number of carbonyl (C=O) groups excluding carboxylic acids is 8. The Bertz CT molecular complexity index is 4560. The van der Waals surface area contributed by atoms with E-state index in [1.54, 1.807) is 104 Å². The Labute approximate surface area is 784 Å². The smallest absolute Gasteiger partial charge is 0.344 e. The molecule has 8 aromatic carbocycles. The molecule has 14 N–H and O–H groups in total. The van der Waals surface area contributed by atoms with Crippen LogP contribution in [-0.2, 0) is 112 Å². The summed E-state index contributed by atoms with van der Waals surface area (Å²) < 4.78 is 26.2. The number of nitrogens with two attached hydrogens (primary N) is 2. The summed E-state index contributed by atoms with van der Waals surface area (Å²) in [6.45, 7) is 55.8. The maximum Gasteiger partial charge on any atom is 0.344 e. The van der Waals surface area contributed by atoms with Gasteiger partial charge in [0.1, 0.15) is 72.6 Å². The predicted octanol–water partition coefficient (Wildman–Crippen LogP) is 19.9. The second-order valence-electron chi connectivity index (χ2n) is 40.9. The van der Waals surface area contributed by atoms with E-state index < -0.39 is 12.8 Å². The summed E-state index contributed by atoms with van der Waals surface area (Å²) in [5.41, 5.74) is 21.6. The van der Waals surface area contributed by atoms with Crippen molar-refractivity contribution in [1.82, 2.24) is 0 Å². The van der Waals surface area contributed by atoms with Crippen LogP contribution in [0.2, 0.25) is 0 Å². The lowest BCUT2D eigenvalue weighted by atomic mass is 9.78. The molecule has 8 aromatic rings. The van der Waals surface area contributed by atoms with Crippen LogP contribution < -0.4 is 51.7 Å². The first-order valence-electron chi connectivity index (χ1n) is 44.8. The number of aryl methyl sites for hydroxylation is 4. The van der Waals surface area contributed by atoms with E-state index in [0.29, 0.717) is 127 Å². The molecule has 8 rings (SSSR count). The fraction of sp³-hybridized carbons (Fsp3) is 0.477. The van der Waals surface area contributed by atoms with Crippen LogP contribution in [0, 0.1) is 0 Å². The Morgan fingerprint density at radius 1 is 0.288 bits per heavy atom. The number of hydrogen-bond acceptors (Lipinski definition) is 21. The average Bonchev–Trinajstić information content (AvgIpc) is 0.796. The highest BCUT2D eigenvalue weighted by atomic mass is 16.6. The largest absolute Gasteiger partial charge is 0.507 e. The van der Waals surface area contributed by atoms with Crippen LogP contribution in [0.1, 0.15) is 286 Å². The number of rotatable bonds is 29. The maximum absolute atomic E-state index is 12.5. The molecule has 0 heterocycles. The molecule has 0 aliphatic rings. The third-order valence-corrected chi connectivity index (χ3v) is 20.2. The minimum atomic E-state index is -0.750.